The lowest BCUT2D eigenvalue weighted by molar-refractivity contribution is -0.154. The van der Waals surface area contributed by atoms with Crippen LogP contribution in [0.1, 0.15) is 29.7 Å². The first-order chi connectivity index (χ1) is 22.4. The average Bonchev–Trinajstić information content (AvgIpc) is 3.07. The zero-order chi connectivity index (χ0) is 32.0. The predicted molar refractivity (Wildman–Crippen MR) is 178 cm³/mol. The summed E-state index contributed by atoms with van der Waals surface area (Å²) in [5.74, 6) is -0.251. The number of β-lactam (4-membered cyclic amide) rings is 1. The molecule has 0 saturated carbocycles. The Balaban J connectivity index is 1.31. The first kappa shape index (κ1) is 31.1. The molecule has 46 heavy (non-hydrogen) atoms. The van der Waals surface area contributed by atoms with Crippen LogP contribution >= 0.6 is 23.5 Å². The number of benzene rings is 3. The zero-order valence-electron chi connectivity index (χ0n) is 24.8. The fourth-order valence-corrected chi connectivity index (χ4v) is 7.53. The second-order valence-corrected chi connectivity index (χ2v) is 12.7. The van der Waals surface area contributed by atoms with E-state index in [1.54, 1.807) is 19.2 Å². The number of amidine groups is 1. The minimum atomic E-state index is -0.781. The number of thioether (sulfide) groups is 2. The topological polar surface area (TPSA) is 140 Å². The predicted octanol–water partition coefficient (Wildman–Crippen LogP) is 4.76. The van der Waals surface area contributed by atoms with Crippen LogP contribution in [0.2, 0.25) is 0 Å². The van der Waals surface area contributed by atoms with Crippen LogP contribution in [0.4, 0.5) is 5.82 Å². The van der Waals surface area contributed by atoms with Crippen molar-refractivity contribution in [1.29, 1.82) is 0 Å². The number of nitrogens with two attached hydrogens (primary N) is 1. The van der Waals surface area contributed by atoms with E-state index in [9.17, 15) is 14.4 Å². The van der Waals surface area contributed by atoms with E-state index < -0.39 is 29.4 Å². The monoisotopic (exact) mass is 650 g/mol. The number of fused-ring (bicyclic) bond motifs is 1. The summed E-state index contributed by atoms with van der Waals surface area (Å²) in [6, 6.07) is 29.0. The Morgan fingerprint density at radius 2 is 1.65 bits per heavy atom. The second-order valence-electron chi connectivity index (χ2n) is 10.5. The van der Waals surface area contributed by atoms with Gasteiger partial charge in [0.25, 0.3) is 5.91 Å². The highest BCUT2D eigenvalue weighted by molar-refractivity contribution is 8.06. The zero-order valence-corrected chi connectivity index (χ0v) is 26.4. The fourth-order valence-electron chi connectivity index (χ4n) is 5.15. The van der Waals surface area contributed by atoms with Crippen LogP contribution in [-0.2, 0) is 25.5 Å². The molecule has 3 aromatic carbocycles. The third kappa shape index (κ3) is 6.98. The highest BCUT2D eigenvalue weighted by Gasteiger charge is 2.55. The molecule has 2 aliphatic heterocycles. The standard InChI is InChI=1S/C34H30N6O4S2/c1-21(35)37-26-17-18-36-34(38-26)46-25-20-45-32-28(39-27(41)19-22-11-5-2-6-12-22)31(42)40(32)29(25)33(43)44-30(23-13-7-3-8-14-23)24-15-9-4-10-16-24/h2-18,28,30,32H,19-20H2,1H3,(H,39,41)(H2,35,36,37,38)/t28?,32-/m1/s1. The molecule has 2 atom stereocenters. The Morgan fingerprint density at radius 3 is 2.28 bits per heavy atom. The molecule has 12 heteroatoms. The lowest BCUT2D eigenvalue weighted by atomic mass is 10.0. The van der Waals surface area contributed by atoms with Crippen molar-refractivity contribution in [2.45, 2.75) is 36.0 Å². The number of aliphatic imine (C=N–C) groups is 1. The number of hydrogen-bond donors (Lipinski definition) is 2. The molecule has 6 rings (SSSR count). The molecular weight excluding hydrogens is 621 g/mol. The van der Waals surface area contributed by atoms with Crippen molar-refractivity contribution >= 4 is 53.0 Å². The summed E-state index contributed by atoms with van der Waals surface area (Å²) in [6.45, 7) is 1.66. The number of nitrogens with zero attached hydrogens (tertiary/aromatic N) is 4. The Morgan fingerprint density at radius 1 is 1.02 bits per heavy atom. The average molecular weight is 651 g/mol. The van der Waals surface area contributed by atoms with Gasteiger partial charge in [0.2, 0.25) is 5.91 Å². The van der Waals surface area contributed by atoms with Crippen LogP contribution in [0, 0.1) is 0 Å². The summed E-state index contributed by atoms with van der Waals surface area (Å²) < 4.78 is 6.22. The Labute approximate surface area is 274 Å². The lowest BCUT2D eigenvalue weighted by Gasteiger charge is -2.49. The third-order valence-electron chi connectivity index (χ3n) is 7.20. The summed E-state index contributed by atoms with van der Waals surface area (Å²) >= 11 is 2.61. The minimum Gasteiger partial charge on any atom is -0.448 e. The largest absolute Gasteiger partial charge is 0.448 e. The van der Waals surface area contributed by atoms with Crippen molar-refractivity contribution in [2.75, 3.05) is 5.75 Å². The first-order valence-corrected chi connectivity index (χ1v) is 16.4. The summed E-state index contributed by atoms with van der Waals surface area (Å²) in [5, 5.41) is 2.73. The smallest absolute Gasteiger partial charge is 0.356 e. The maximum absolute atomic E-state index is 14.2. The molecule has 4 aromatic rings. The molecule has 0 bridgehead atoms. The van der Waals surface area contributed by atoms with E-state index in [-0.39, 0.29) is 18.0 Å². The van der Waals surface area contributed by atoms with Gasteiger partial charge in [-0.3, -0.25) is 14.5 Å². The molecule has 1 aromatic heterocycles. The normalized spacial score (nSPS) is 17.7. The summed E-state index contributed by atoms with van der Waals surface area (Å²) in [5.41, 5.74) is 8.26. The van der Waals surface area contributed by atoms with Gasteiger partial charge < -0.3 is 15.8 Å². The molecule has 1 saturated heterocycles. The van der Waals surface area contributed by atoms with E-state index in [1.165, 1.54) is 16.7 Å². The number of hydrogen-bond acceptors (Lipinski definition) is 9. The van der Waals surface area contributed by atoms with Crippen molar-refractivity contribution in [3.8, 4) is 0 Å². The Hall–Kier alpha value is -4.94. The van der Waals surface area contributed by atoms with Gasteiger partial charge in [-0.25, -0.2) is 19.8 Å². The Bertz CT molecular complexity index is 1760. The number of aromatic nitrogens is 2. The number of rotatable bonds is 10. The van der Waals surface area contributed by atoms with Crippen LogP contribution in [-0.4, -0.2) is 55.7 Å². The third-order valence-corrected chi connectivity index (χ3v) is 9.63. The minimum absolute atomic E-state index is 0.108. The number of nitrogens with one attached hydrogen (secondary N) is 1. The highest BCUT2D eigenvalue weighted by atomic mass is 32.2. The first-order valence-electron chi connectivity index (χ1n) is 14.5. The second kappa shape index (κ2) is 14.0. The van der Waals surface area contributed by atoms with Crippen molar-refractivity contribution in [3.63, 3.8) is 0 Å². The molecule has 2 aliphatic rings. The van der Waals surface area contributed by atoms with Crippen molar-refractivity contribution < 1.29 is 19.1 Å². The molecule has 2 amide bonds. The van der Waals surface area contributed by atoms with Crippen molar-refractivity contribution in [2.24, 2.45) is 10.7 Å². The molecule has 10 nitrogen and oxygen atoms in total. The van der Waals surface area contributed by atoms with Gasteiger partial charge in [-0.15, -0.1) is 11.8 Å². The molecular formula is C34H30N6O4S2. The van der Waals surface area contributed by atoms with E-state index in [0.717, 1.165) is 28.5 Å². The summed E-state index contributed by atoms with van der Waals surface area (Å²) in [4.78, 5) is 55.8. The maximum atomic E-state index is 14.2. The maximum Gasteiger partial charge on any atom is 0.356 e. The molecule has 232 valence electrons. The lowest BCUT2D eigenvalue weighted by Crippen LogP contribution is -2.70. The van der Waals surface area contributed by atoms with E-state index in [2.05, 4.69) is 20.3 Å². The molecule has 3 heterocycles. The van der Waals surface area contributed by atoms with Crippen molar-refractivity contribution in [1.82, 2.24) is 20.2 Å². The van der Waals surface area contributed by atoms with Gasteiger partial charge in [0.15, 0.2) is 17.1 Å². The van der Waals surface area contributed by atoms with Crippen LogP contribution in [0.25, 0.3) is 0 Å². The fraction of sp³-hybridized carbons (Fsp3) is 0.176. The summed E-state index contributed by atoms with van der Waals surface area (Å²) in [7, 11) is 0. The number of ether oxygens (including phenoxy) is 1. The number of esters is 1. The van der Waals surface area contributed by atoms with Gasteiger partial charge in [0.1, 0.15) is 17.1 Å². The van der Waals surface area contributed by atoms with Crippen molar-refractivity contribution in [3.05, 3.63) is 131 Å². The van der Waals surface area contributed by atoms with Gasteiger partial charge in [-0.2, -0.15) is 0 Å². The SMILES string of the molecule is CC(N)=Nc1ccnc(SC2=C(C(=O)OC(c3ccccc3)c3ccccc3)N3C(=O)C(NC(=O)Cc4ccccc4)[C@H]3SC2)n1. The Kier molecular flexibility index (Phi) is 9.46. The van der Waals surface area contributed by atoms with E-state index >= 15 is 0 Å². The van der Waals surface area contributed by atoms with Gasteiger partial charge in [0.05, 0.1) is 12.3 Å². The van der Waals surface area contributed by atoms with E-state index in [1.807, 2.05) is 91.0 Å². The van der Waals surface area contributed by atoms with Gasteiger partial charge >= 0.3 is 5.97 Å². The molecule has 0 aliphatic carbocycles. The van der Waals surface area contributed by atoms with Gasteiger partial charge in [-0.1, -0.05) is 103 Å². The van der Waals surface area contributed by atoms with Gasteiger partial charge in [0, 0.05) is 22.9 Å². The van der Waals surface area contributed by atoms with Crippen LogP contribution in [0.3, 0.4) is 0 Å². The molecule has 1 unspecified atom stereocenters. The van der Waals surface area contributed by atoms with E-state index in [0.29, 0.717) is 27.5 Å². The molecule has 0 spiro atoms. The molecule has 3 N–H and O–H groups in total. The van der Waals surface area contributed by atoms with Crippen LogP contribution < -0.4 is 11.1 Å². The number of carbonyl (C=O) groups excluding carboxylic acids is 3. The molecule has 1 fully saturated rings. The van der Waals surface area contributed by atoms with Crippen LogP contribution in [0.5, 0.6) is 0 Å². The van der Waals surface area contributed by atoms with E-state index in [4.69, 9.17) is 10.5 Å². The number of carbonyl (C=O) groups is 3. The quantitative estimate of drug-likeness (QED) is 0.0817. The van der Waals surface area contributed by atoms with Crippen LogP contribution in [0.15, 0.2) is 124 Å². The molecule has 0 radical (unpaired) electrons. The highest BCUT2D eigenvalue weighted by Crippen LogP contribution is 2.45. The van der Waals surface area contributed by atoms with Gasteiger partial charge in [-0.05, 0) is 23.6 Å². The summed E-state index contributed by atoms with van der Waals surface area (Å²) in [6.07, 6.45) is 0.977. The number of amides is 2.